The number of likely N-dealkylation sites (N-methyl/N-ethyl adjacent to an activating group) is 1. The molecule has 0 atom stereocenters. The Labute approximate surface area is 134 Å². The van der Waals surface area contributed by atoms with Crippen LogP contribution in [0.5, 0.6) is 0 Å². The normalized spacial score (nSPS) is 15.7. The van der Waals surface area contributed by atoms with Crippen LogP contribution in [-0.2, 0) is 0 Å². The summed E-state index contributed by atoms with van der Waals surface area (Å²) in [6.45, 7) is 1.43. The molecular weight excluding hydrogens is 335 g/mol. The van der Waals surface area contributed by atoms with Gasteiger partial charge in [0.05, 0.1) is 10.0 Å². The first-order chi connectivity index (χ1) is 10.0. The molecule has 1 fully saturated rings. The topological polar surface area (TPSA) is 23.6 Å². The van der Waals surface area contributed by atoms with Crippen LogP contribution >= 0.6 is 15.9 Å². The van der Waals surface area contributed by atoms with Crippen molar-refractivity contribution in [3.63, 3.8) is 0 Å². The molecule has 1 aliphatic rings. The molecule has 0 spiro atoms. The third-order valence-electron chi connectivity index (χ3n) is 4.00. The van der Waals surface area contributed by atoms with Gasteiger partial charge < -0.3 is 9.80 Å². The SMILES string of the molecule is CN(C)CCN(C(=O)c1cccc(Br)c1F)C1CCCC1. The summed E-state index contributed by atoms with van der Waals surface area (Å²) in [5, 5.41) is 0. The highest BCUT2D eigenvalue weighted by molar-refractivity contribution is 9.10. The molecule has 116 valence electrons. The Morgan fingerprint density at radius 1 is 1.29 bits per heavy atom. The lowest BCUT2D eigenvalue weighted by Gasteiger charge is -2.30. The van der Waals surface area contributed by atoms with Crippen molar-refractivity contribution in [2.75, 3.05) is 27.2 Å². The number of nitrogens with zero attached hydrogens (tertiary/aromatic N) is 2. The highest BCUT2D eigenvalue weighted by Gasteiger charge is 2.29. The molecule has 0 N–H and O–H groups in total. The van der Waals surface area contributed by atoms with Crippen molar-refractivity contribution in [3.8, 4) is 0 Å². The Balaban J connectivity index is 2.22. The van der Waals surface area contributed by atoms with Gasteiger partial charge in [0, 0.05) is 19.1 Å². The summed E-state index contributed by atoms with van der Waals surface area (Å²) < 4.78 is 14.5. The molecular formula is C16H22BrFN2O. The van der Waals surface area contributed by atoms with Crippen molar-refractivity contribution in [3.05, 3.63) is 34.1 Å². The zero-order valence-corrected chi connectivity index (χ0v) is 14.2. The maximum atomic E-state index is 14.2. The average molecular weight is 357 g/mol. The van der Waals surface area contributed by atoms with E-state index in [1.165, 1.54) is 0 Å². The average Bonchev–Trinajstić information content (AvgIpc) is 2.95. The van der Waals surface area contributed by atoms with Gasteiger partial charge in [-0.25, -0.2) is 4.39 Å². The summed E-state index contributed by atoms with van der Waals surface area (Å²) in [5.74, 6) is -0.655. The van der Waals surface area contributed by atoms with E-state index in [1.807, 2.05) is 23.9 Å². The van der Waals surface area contributed by atoms with Gasteiger partial charge in [-0.1, -0.05) is 18.9 Å². The van der Waals surface area contributed by atoms with Crippen LogP contribution in [0.25, 0.3) is 0 Å². The third kappa shape index (κ3) is 4.04. The van der Waals surface area contributed by atoms with Crippen LogP contribution in [0.1, 0.15) is 36.0 Å². The van der Waals surface area contributed by atoms with E-state index in [4.69, 9.17) is 0 Å². The molecule has 3 nitrogen and oxygen atoms in total. The smallest absolute Gasteiger partial charge is 0.257 e. The van der Waals surface area contributed by atoms with E-state index >= 15 is 0 Å². The van der Waals surface area contributed by atoms with Crippen molar-refractivity contribution in [1.82, 2.24) is 9.80 Å². The Bertz CT molecular complexity index is 501. The van der Waals surface area contributed by atoms with E-state index in [1.54, 1.807) is 18.2 Å². The van der Waals surface area contributed by atoms with Crippen LogP contribution in [-0.4, -0.2) is 48.9 Å². The minimum absolute atomic E-state index is 0.162. The van der Waals surface area contributed by atoms with E-state index in [0.29, 0.717) is 11.0 Å². The number of hydrogen-bond acceptors (Lipinski definition) is 2. The molecule has 0 saturated heterocycles. The molecule has 0 unspecified atom stereocenters. The molecule has 0 aromatic heterocycles. The van der Waals surface area contributed by atoms with Crippen molar-refractivity contribution in [1.29, 1.82) is 0 Å². The van der Waals surface area contributed by atoms with Crippen LogP contribution in [0.15, 0.2) is 22.7 Å². The van der Waals surface area contributed by atoms with Gasteiger partial charge in [-0.15, -0.1) is 0 Å². The van der Waals surface area contributed by atoms with Gasteiger partial charge in [0.25, 0.3) is 5.91 Å². The van der Waals surface area contributed by atoms with Crippen molar-refractivity contribution >= 4 is 21.8 Å². The van der Waals surface area contributed by atoms with E-state index in [0.717, 1.165) is 32.2 Å². The van der Waals surface area contributed by atoms with E-state index in [-0.39, 0.29) is 17.5 Å². The summed E-state index contributed by atoms with van der Waals surface area (Å²) in [6.07, 6.45) is 4.35. The van der Waals surface area contributed by atoms with E-state index < -0.39 is 5.82 Å². The minimum atomic E-state index is -0.463. The fraction of sp³-hybridized carbons (Fsp3) is 0.562. The second-order valence-electron chi connectivity index (χ2n) is 5.84. The molecule has 0 aliphatic heterocycles. The Hall–Kier alpha value is -0.940. The van der Waals surface area contributed by atoms with Gasteiger partial charge in [-0.05, 0) is 55.0 Å². The molecule has 2 rings (SSSR count). The minimum Gasteiger partial charge on any atom is -0.334 e. The maximum absolute atomic E-state index is 14.2. The van der Waals surface area contributed by atoms with Gasteiger partial charge >= 0.3 is 0 Å². The van der Waals surface area contributed by atoms with Gasteiger partial charge in [-0.2, -0.15) is 0 Å². The fourth-order valence-corrected chi connectivity index (χ4v) is 3.16. The summed E-state index contributed by atoms with van der Waals surface area (Å²) in [4.78, 5) is 16.7. The number of benzene rings is 1. The van der Waals surface area contributed by atoms with Gasteiger partial charge in [-0.3, -0.25) is 4.79 Å². The summed E-state index contributed by atoms with van der Waals surface area (Å²) in [7, 11) is 3.97. The first-order valence-corrected chi connectivity index (χ1v) is 8.19. The monoisotopic (exact) mass is 356 g/mol. The quantitative estimate of drug-likeness (QED) is 0.805. The second kappa shape index (κ2) is 7.36. The van der Waals surface area contributed by atoms with Crippen LogP contribution in [0.4, 0.5) is 4.39 Å². The Kier molecular flexibility index (Phi) is 5.76. The Morgan fingerprint density at radius 3 is 2.57 bits per heavy atom. The van der Waals surface area contributed by atoms with E-state index in [2.05, 4.69) is 15.9 Å². The standard InChI is InChI=1S/C16H22BrFN2O/c1-19(2)10-11-20(12-6-3-4-7-12)16(21)13-8-5-9-14(17)15(13)18/h5,8-9,12H,3-4,6-7,10-11H2,1-2H3. The van der Waals surface area contributed by atoms with Crippen LogP contribution in [0.3, 0.4) is 0 Å². The third-order valence-corrected chi connectivity index (χ3v) is 4.61. The highest BCUT2D eigenvalue weighted by atomic mass is 79.9. The molecule has 0 radical (unpaired) electrons. The molecule has 1 aromatic carbocycles. The second-order valence-corrected chi connectivity index (χ2v) is 6.70. The number of carbonyl (C=O) groups excluding carboxylic acids is 1. The first-order valence-electron chi connectivity index (χ1n) is 7.40. The predicted octanol–water partition coefficient (Wildman–Crippen LogP) is 3.53. The van der Waals surface area contributed by atoms with Crippen molar-refractivity contribution in [2.24, 2.45) is 0 Å². The lowest BCUT2D eigenvalue weighted by molar-refractivity contribution is 0.0662. The predicted molar refractivity (Wildman–Crippen MR) is 85.9 cm³/mol. The maximum Gasteiger partial charge on any atom is 0.257 e. The van der Waals surface area contributed by atoms with Crippen LogP contribution in [0.2, 0.25) is 0 Å². The number of halogens is 2. The highest BCUT2D eigenvalue weighted by Crippen LogP contribution is 2.26. The molecule has 0 bridgehead atoms. The van der Waals surface area contributed by atoms with Crippen LogP contribution < -0.4 is 0 Å². The molecule has 0 heterocycles. The fourth-order valence-electron chi connectivity index (χ4n) is 2.80. The summed E-state index contributed by atoms with van der Waals surface area (Å²) >= 11 is 3.16. The molecule has 1 aliphatic carbocycles. The Morgan fingerprint density at radius 2 is 1.95 bits per heavy atom. The summed E-state index contributed by atoms with van der Waals surface area (Å²) in [6, 6.07) is 5.14. The lowest BCUT2D eigenvalue weighted by atomic mass is 10.1. The van der Waals surface area contributed by atoms with Gasteiger partial charge in [0.1, 0.15) is 5.82 Å². The number of hydrogen-bond donors (Lipinski definition) is 0. The lowest BCUT2D eigenvalue weighted by Crippen LogP contribution is -2.43. The zero-order valence-electron chi connectivity index (χ0n) is 12.6. The number of amides is 1. The molecule has 1 aromatic rings. The van der Waals surface area contributed by atoms with E-state index in [9.17, 15) is 9.18 Å². The molecule has 1 amide bonds. The summed E-state index contributed by atoms with van der Waals surface area (Å²) in [5.41, 5.74) is 0.162. The number of carbonyl (C=O) groups is 1. The molecule has 5 heteroatoms. The molecule has 1 saturated carbocycles. The van der Waals surface area contributed by atoms with Crippen molar-refractivity contribution < 1.29 is 9.18 Å². The largest absolute Gasteiger partial charge is 0.334 e. The molecule has 21 heavy (non-hydrogen) atoms. The zero-order chi connectivity index (χ0) is 15.4. The van der Waals surface area contributed by atoms with Gasteiger partial charge in [0.15, 0.2) is 0 Å². The number of rotatable bonds is 5. The van der Waals surface area contributed by atoms with Crippen molar-refractivity contribution in [2.45, 2.75) is 31.7 Å². The van der Waals surface area contributed by atoms with Crippen LogP contribution in [0, 0.1) is 5.82 Å². The first kappa shape index (κ1) is 16.4. The van der Waals surface area contributed by atoms with Gasteiger partial charge in [0.2, 0.25) is 0 Å².